The maximum Gasteiger partial charge on any atom is 0.573 e. The topological polar surface area (TPSA) is 64.6 Å². The van der Waals surface area contributed by atoms with Crippen molar-refractivity contribution in [1.29, 1.82) is 0 Å². The summed E-state index contributed by atoms with van der Waals surface area (Å²) in [7, 11) is 0. The molecular weight excluding hydrogens is 399 g/mol. The van der Waals surface area contributed by atoms with Gasteiger partial charge in [0.1, 0.15) is 23.9 Å². The average molecular weight is 423 g/mol. The minimum absolute atomic E-state index is 0.157. The molecule has 0 saturated carbocycles. The number of carbonyl (C=O) groups excluding carboxylic acids is 1. The summed E-state index contributed by atoms with van der Waals surface area (Å²) < 4.78 is 112. The predicted molar refractivity (Wildman–Crippen MR) is 101 cm³/mol. The molecule has 0 radical (unpaired) electrons. The maximum absolute atomic E-state index is 13.5. The van der Waals surface area contributed by atoms with Gasteiger partial charge >= 0.3 is 6.36 Å². The van der Waals surface area contributed by atoms with E-state index >= 15 is 0 Å². The molecule has 6 nitrogen and oxygen atoms in total. The number of carbonyl (C=O) groups is 1. The van der Waals surface area contributed by atoms with Gasteiger partial charge in [-0.15, -0.1) is 13.2 Å². The second-order valence-electron chi connectivity index (χ2n) is 5.78. The summed E-state index contributed by atoms with van der Waals surface area (Å²) in [5.41, 5.74) is -1.04. The molecule has 0 bridgehead atoms. The third-order valence-electron chi connectivity index (χ3n) is 3.77. The van der Waals surface area contributed by atoms with Gasteiger partial charge in [0, 0.05) is 12.4 Å². The highest BCUT2D eigenvalue weighted by Gasteiger charge is 2.31. The van der Waals surface area contributed by atoms with E-state index in [9.17, 15) is 18.0 Å². The monoisotopic (exact) mass is 423 g/mol. The van der Waals surface area contributed by atoms with Crippen molar-refractivity contribution in [1.82, 2.24) is 14.9 Å². The smallest absolute Gasteiger partial charge is 0.491 e. The first-order chi connectivity index (χ1) is 17.5. The van der Waals surface area contributed by atoms with Crippen LogP contribution in [-0.4, -0.2) is 40.2 Å². The van der Waals surface area contributed by atoms with Gasteiger partial charge in [0.05, 0.1) is 29.6 Å². The molecule has 154 valence electrons. The van der Waals surface area contributed by atoms with Gasteiger partial charge in [-0.2, -0.15) is 0 Å². The van der Waals surface area contributed by atoms with Crippen LogP contribution in [0.4, 0.5) is 13.2 Å². The van der Waals surface area contributed by atoms with Gasteiger partial charge in [-0.3, -0.25) is 4.79 Å². The Morgan fingerprint density at radius 2 is 1.93 bits per heavy atom. The van der Waals surface area contributed by atoms with E-state index < -0.39 is 78.7 Å². The lowest BCUT2D eigenvalue weighted by Gasteiger charge is -2.19. The number of alkyl halides is 3. The van der Waals surface area contributed by atoms with Crippen LogP contribution in [-0.2, 0) is 6.50 Å². The van der Waals surface area contributed by atoms with Crippen LogP contribution in [0.5, 0.6) is 11.5 Å². The molecule has 9 heteroatoms. The maximum atomic E-state index is 13.5. The van der Waals surface area contributed by atoms with Crippen molar-refractivity contribution < 1.29 is 38.4 Å². The van der Waals surface area contributed by atoms with Crippen LogP contribution in [0.1, 0.15) is 27.1 Å². The van der Waals surface area contributed by atoms with Gasteiger partial charge in [-0.25, -0.2) is 9.97 Å². The number of ether oxygens (including phenoxy) is 2. The molecule has 1 aliphatic heterocycles. The van der Waals surface area contributed by atoms with Crippen molar-refractivity contribution in [2.45, 2.75) is 12.9 Å². The largest absolute Gasteiger partial charge is 0.573 e. The van der Waals surface area contributed by atoms with E-state index in [1.807, 2.05) is 0 Å². The number of benzene rings is 2. The first kappa shape index (κ1) is 12.2. The van der Waals surface area contributed by atoms with Crippen molar-refractivity contribution in [3.8, 4) is 22.6 Å². The van der Waals surface area contributed by atoms with E-state index in [0.29, 0.717) is 4.90 Å². The van der Waals surface area contributed by atoms with Crippen molar-refractivity contribution in [2.24, 2.45) is 0 Å². The Morgan fingerprint density at radius 1 is 1.20 bits per heavy atom. The first-order valence-electron chi connectivity index (χ1n) is 12.3. The Balaban J connectivity index is 1.87. The zero-order valence-electron chi connectivity index (χ0n) is 22.9. The quantitative estimate of drug-likeness (QED) is 0.633. The number of hydrogen-bond donors (Lipinski definition) is 0. The van der Waals surface area contributed by atoms with E-state index in [4.69, 9.17) is 15.7 Å². The Hall–Kier alpha value is -3.62. The summed E-state index contributed by atoms with van der Waals surface area (Å²) in [6, 6.07) is 0.670. The van der Waals surface area contributed by atoms with E-state index in [1.165, 1.54) is 24.5 Å². The molecular formula is C21H16F3N3O3. The van der Waals surface area contributed by atoms with Crippen LogP contribution in [0.25, 0.3) is 11.1 Å². The fourth-order valence-corrected chi connectivity index (χ4v) is 2.51. The molecule has 0 saturated heterocycles. The third-order valence-corrected chi connectivity index (χ3v) is 3.77. The Morgan fingerprint density at radius 3 is 2.63 bits per heavy atom. The van der Waals surface area contributed by atoms with Crippen molar-refractivity contribution in [3.05, 3.63) is 72.2 Å². The van der Waals surface area contributed by atoms with Gasteiger partial charge in [0.25, 0.3) is 5.91 Å². The molecule has 1 amide bonds. The third kappa shape index (κ3) is 4.51. The summed E-state index contributed by atoms with van der Waals surface area (Å²) in [4.78, 5) is 21.6. The Bertz CT molecular complexity index is 1400. The lowest BCUT2D eigenvalue weighted by Crippen LogP contribution is -2.32. The zero-order chi connectivity index (χ0) is 28.2. The number of amides is 1. The summed E-state index contributed by atoms with van der Waals surface area (Å²) in [6.07, 6.45) is -2.81. The van der Waals surface area contributed by atoms with E-state index in [0.717, 1.165) is 12.1 Å². The molecule has 0 aliphatic carbocycles. The Kier molecular flexibility index (Phi) is 3.25. The summed E-state index contributed by atoms with van der Waals surface area (Å²) in [6.45, 7) is -6.18. The molecule has 1 aromatic heterocycles. The minimum atomic E-state index is -5.27. The number of nitrogens with zero attached hydrogens (tertiary/aromatic N) is 3. The highest BCUT2D eigenvalue weighted by Crippen LogP contribution is 2.31. The number of rotatable bonds is 4. The Labute approximate surface area is 181 Å². The molecule has 0 unspecified atom stereocenters. The summed E-state index contributed by atoms with van der Waals surface area (Å²) in [5, 5.41) is 0. The molecule has 2 aromatic carbocycles. The highest BCUT2D eigenvalue weighted by molar-refractivity contribution is 5.98. The normalized spacial score (nSPS) is 20.0. The fraction of sp³-hybridized carbons (Fsp3) is 0.190. The second-order valence-corrected chi connectivity index (χ2v) is 5.78. The highest BCUT2D eigenvalue weighted by atomic mass is 19.4. The van der Waals surface area contributed by atoms with Crippen LogP contribution in [0, 0.1) is 0 Å². The summed E-state index contributed by atoms with van der Waals surface area (Å²) >= 11 is 0. The SMILES string of the molecule is [2H]c1c([2H])c(-c2ccc3c(c2)C(=O)N(C([2H])([2H])c2ncccn2)CC([2H])([2H])O3)c([2H])c([2H])c1OC(F)(F)F. The van der Waals surface area contributed by atoms with Crippen LogP contribution < -0.4 is 9.47 Å². The van der Waals surface area contributed by atoms with Crippen LogP contribution >= 0.6 is 0 Å². The van der Waals surface area contributed by atoms with E-state index in [-0.39, 0.29) is 11.3 Å². The van der Waals surface area contributed by atoms with E-state index in [2.05, 4.69) is 14.7 Å². The van der Waals surface area contributed by atoms with Crippen molar-refractivity contribution in [3.63, 3.8) is 0 Å². The molecule has 0 spiro atoms. The van der Waals surface area contributed by atoms with Gasteiger partial charge in [0.2, 0.25) is 0 Å². The number of halogens is 3. The second kappa shape index (κ2) is 8.02. The molecule has 2 heterocycles. The zero-order valence-corrected chi connectivity index (χ0v) is 14.9. The van der Waals surface area contributed by atoms with Gasteiger partial charge in [0.15, 0.2) is 0 Å². The predicted octanol–water partition coefficient (Wildman–Crippen LogP) is 4.08. The number of aromatic nitrogens is 2. The lowest BCUT2D eigenvalue weighted by atomic mass is 10.0. The van der Waals surface area contributed by atoms with Gasteiger partial charge < -0.3 is 14.4 Å². The minimum Gasteiger partial charge on any atom is -0.491 e. The standard InChI is InChI=1S/C21H16F3N3O3/c22-21(23,24)30-16-5-2-14(3-6-16)15-4-7-18-17(12-15)20(28)27(10-11-29-18)13-19-25-8-1-9-26-19/h1-9,12H,10-11,13H2/i2D,3D,5D,6D,11D2,13D2. The fourth-order valence-electron chi connectivity index (χ4n) is 2.51. The summed E-state index contributed by atoms with van der Waals surface area (Å²) in [5.74, 6) is -3.17. The molecule has 3 aromatic rings. The first-order valence-corrected chi connectivity index (χ1v) is 8.32. The van der Waals surface area contributed by atoms with Crippen LogP contribution in [0.15, 0.2) is 60.8 Å². The molecule has 0 fully saturated rings. The van der Waals surface area contributed by atoms with Gasteiger partial charge in [-0.1, -0.05) is 18.2 Å². The van der Waals surface area contributed by atoms with Crippen LogP contribution in [0.2, 0.25) is 0 Å². The van der Waals surface area contributed by atoms with Crippen LogP contribution in [0.3, 0.4) is 0 Å². The molecule has 30 heavy (non-hydrogen) atoms. The molecule has 0 atom stereocenters. The average Bonchev–Trinajstić information content (AvgIpc) is 2.94. The number of hydrogen-bond acceptors (Lipinski definition) is 5. The van der Waals surface area contributed by atoms with Gasteiger partial charge in [-0.05, 0) is 41.4 Å². The molecule has 1 aliphatic rings. The molecule has 4 rings (SSSR count). The lowest BCUT2D eigenvalue weighted by molar-refractivity contribution is -0.274. The molecule has 0 N–H and O–H groups in total. The number of fused-ring (bicyclic) bond motifs is 1. The van der Waals surface area contributed by atoms with Crippen molar-refractivity contribution in [2.75, 3.05) is 13.1 Å². The van der Waals surface area contributed by atoms with Crippen molar-refractivity contribution >= 4 is 5.91 Å². The van der Waals surface area contributed by atoms with E-state index in [1.54, 1.807) is 0 Å².